The van der Waals surface area contributed by atoms with E-state index in [2.05, 4.69) is 20.2 Å². The Hall–Kier alpha value is -3.36. The fraction of sp³-hybridized carbons (Fsp3) is 0.440. The fourth-order valence-corrected chi connectivity index (χ4v) is 5.35. The summed E-state index contributed by atoms with van der Waals surface area (Å²) >= 11 is 0. The normalized spacial score (nSPS) is 24.0. The molecule has 2 aliphatic rings. The average Bonchev–Trinajstić information content (AvgIpc) is 2.86. The predicted octanol–water partition coefficient (Wildman–Crippen LogP) is 4.81. The summed E-state index contributed by atoms with van der Waals surface area (Å²) in [6.45, 7) is 0. The van der Waals surface area contributed by atoms with E-state index < -0.39 is 12.1 Å². The first kappa shape index (κ1) is 22.4. The molecule has 2 aliphatic carbocycles. The van der Waals surface area contributed by atoms with Crippen molar-refractivity contribution in [2.45, 2.75) is 44.3 Å². The molecule has 1 N–H and O–H groups in total. The number of benzene rings is 1. The lowest BCUT2D eigenvalue weighted by atomic mass is 9.69. The molecule has 178 valence electrons. The smallest absolute Gasteiger partial charge is 0.255 e. The Bertz CT molecular complexity index is 1180. The van der Waals surface area contributed by atoms with E-state index in [4.69, 9.17) is 4.74 Å². The van der Waals surface area contributed by atoms with Gasteiger partial charge >= 0.3 is 0 Å². The number of hydrogen-bond acceptors (Lipinski definition) is 7. The number of aromatic hydroxyl groups is 1. The third-order valence-electron chi connectivity index (χ3n) is 7.22. The molecule has 5 rings (SSSR count). The van der Waals surface area contributed by atoms with Crippen LogP contribution in [0.5, 0.6) is 11.5 Å². The van der Waals surface area contributed by atoms with Gasteiger partial charge in [-0.15, -0.1) is 10.2 Å². The molecule has 9 heteroatoms. The summed E-state index contributed by atoms with van der Waals surface area (Å²) in [5.41, 5.74) is 1.63. The molecule has 1 aromatic carbocycles. The van der Waals surface area contributed by atoms with Crippen molar-refractivity contribution in [2.75, 3.05) is 19.1 Å². The number of fused-ring (bicyclic) bond motifs is 2. The van der Waals surface area contributed by atoms with E-state index in [1.807, 2.05) is 11.9 Å². The molecule has 34 heavy (non-hydrogen) atoms. The largest absolute Gasteiger partial charge is 0.507 e. The number of ether oxygens (including phenoxy) is 1. The fourth-order valence-electron chi connectivity index (χ4n) is 5.35. The lowest BCUT2D eigenvalue weighted by molar-refractivity contribution is 0.0656. The van der Waals surface area contributed by atoms with Gasteiger partial charge in [-0.1, -0.05) is 18.9 Å². The molecule has 2 saturated carbocycles. The molecule has 2 bridgehead atoms. The SMILES string of the molecule is COc1cc(-c2ccc(-c3ncc(N(C)[C@H]4C[C@@H]5CCC[C@@H](C5)[C@H]4F)nn3)c(O)c2)cnc1F. The highest BCUT2D eigenvalue weighted by atomic mass is 19.1. The summed E-state index contributed by atoms with van der Waals surface area (Å²) in [6, 6.07) is 6.24. The van der Waals surface area contributed by atoms with Crippen molar-refractivity contribution in [1.29, 1.82) is 0 Å². The Morgan fingerprint density at radius 1 is 1.06 bits per heavy atom. The summed E-state index contributed by atoms with van der Waals surface area (Å²) in [7, 11) is 3.21. The average molecular weight is 468 g/mol. The Kier molecular flexibility index (Phi) is 6.02. The van der Waals surface area contributed by atoms with E-state index in [1.54, 1.807) is 18.3 Å². The molecule has 2 heterocycles. The van der Waals surface area contributed by atoms with Crippen molar-refractivity contribution in [2.24, 2.45) is 11.8 Å². The second-order valence-corrected chi connectivity index (χ2v) is 9.24. The van der Waals surface area contributed by atoms with Gasteiger partial charge in [0.25, 0.3) is 5.95 Å². The zero-order valence-electron chi connectivity index (χ0n) is 19.2. The highest BCUT2D eigenvalue weighted by Gasteiger charge is 2.42. The van der Waals surface area contributed by atoms with Crippen molar-refractivity contribution in [1.82, 2.24) is 20.2 Å². The van der Waals surface area contributed by atoms with E-state index in [-0.39, 0.29) is 29.3 Å². The van der Waals surface area contributed by atoms with E-state index in [0.29, 0.717) is 28.4 Å². The monoisotopic (exact) mass is 467 g/mol. The maximum atomic E-state index is 15.1. The minimum atomic E-state index is -0.876. The Morgan fingerprint density at radius 3 is 2.65 bits per heavy atom. The van der Waals surface area contributed by atoms with Crippen molar-refractivity contribution in [3.8, 4) is 34.0 Å². The quantitative estimate of drug-likeness (QED) is 0.539. The molecule has 0 unspecified atom stereocenters. The molecule has 4 atom stereocenters. The topological polar surface area (TPSA) is 84.3 Å². The van der Waals surface area contributed by atoms with Gasteiger partial charge in [-0.2, -0.15) is 4.39 Å². The van der Waals surface area contributed by atoms with Crippen LogP contribution in [0.25, 0.3) is 22.5 Å². The lowest BCUT2D eigenvalue weighted by Crippen LogP contribution is -2.49. The van der Waals surface area contributed by atoms with Crippen LogP contribution in [0.4, 0.5) is 14.6 Å². The molecule has 0 amide bonds. The third-order valence-corrected chi connectivity index (χ3v) is 7.22. The standard InChI is InChI=1S/C25H27F2N5O2/c1-32(19-9-14-4-3-5-16(8-14)23(19)26)22-13-29-25(31-30-22)18-7-6-15(10-20(18)33)17-11-21(34-2)24(27)28-12-17/h6-7,10-14,16,19,23,33H,3-5,8-9H2,1-2H3/t14-,16+,19+,23-/m1/s1. The second kappa shape index (κ2) is 9.12. The Labute approximate surface area is 196 Å². The highest BCUT2D eigenvalue weighted by Crippen LogP contribution is 2.43. The molecule has 0 aliphatic heterocycles. The van der Waals surface area contributed by atoms with Crippen molar-refractivity contribution < 1.29 is 18.6 Å². The molecule has 2 aromatic heterocycles. The van der Waals surface area contributed by atoms with Gasteiger partial charge in [0.1, 0.15) is 11.9 Å². The number of nitrogens with zero attached hydrogens (tertiary/aromatic N) is 5. The van der Waals surface area contributed by atoms with E-state index in [1.165, 1.54) is 31.9 Å². The number of alkyl halides is 1. The van der Waals surface area contributed by atoms with Crippen molar-refractivity contribution in [3.63, 3.8) is 0 Å². The Morgan fingerprint density at radius 2 is 1.91 bits per heavy atom. The summed E-state index contributed by atoms with van der Waals surface area (Å²) < 4.78 is 33.7. The minimum absolute atomic E-state index is 0.0189. The summed E-state index contributed by atoms with van der Waals surface area (Å²) in [6.07, 6.45) is 7.13. The predicted molar refractivity (Wildman–Crippen MR) is 124 cm³/mol. The molecular weight excluding hydrogens is 440 g/mol. The molecule has 3 aromatic rings. The number of phenols is 1. The van der Waals surface area contributed by atoms with E-state index in [0.717, 1.165) is 25.7 Å². The molecule has 0 radical (unpaired) electrons. The Balaban J connectivity index is 1.35. The zero-order valence-corrected chi connectivity index (χ0v) is 19.2. The van der Waals surface area contributed by atoms with Crippen molar-refractivity contribution in [3.05, 3.63) is 42.6 Å². The van der Waals surface area contributed by atoms with Crippen LogP contribution < -0.4 is 9.64 Å². The van der Waals surface area contributed by atoms with Gasteiger partial charge in [0.15, 0.2) is 17.4 Å². The van der Waals surface area contributed by atoms with Crippen LogP contribution in [-0.2, 0) is 0 Å². The molecule has 2 fully saturated rings. The van der Waals surface area contributed by atoms with E-state index >= 15 is 4.39 Å². The number of pyridine rings is 1. The van der Waals surface area contributed by atoms with Crippen LogP contribution in [0.15, 0.2) is 36.7 Å². The number of methoxy groups -OCH3 is 1. The molecular formula is C25H27F2N5O2. The molecule has 0 spiro atoms. The van der Waals surface area contributed by atoms with Gasteiger partial charge in [0, 0.05) is 18.8 Å². The van der Waals surface area contributed by atoms with Crippen LogP contribution in [-0.4, -0.2) is 51.6 Å². The van der Waals surface area contributed by atoms with Crippen LogP contribution in [0.1, 0.15) is 32.1 Å². The van der Waals surface area contributed by atoms with Gasteiger partial charge in [-0.3, -0.25) is 0 Å². The number of rotatable bonds is 5. The number of aromatic nitrogens is 4. The number of anilines is 1. The van der Waals surface area contributed by atoms with Gasteiger partial charge in [0.2, 0.25) is 0 Å². The van der Waals surface area contributed by atoms with Crippen LogP contribution in [0, 0.1) is 17.8 Å². The summed E-state index contributed by atoms with van der Waals surface area (Å²) in [5, 5.41) is 19.1. The van der Waals surface area contributed by atoms with Gasteiger partial charge in [-0.05, 0) is 54.9 Å². The lowest BCUT2D eigenvalue weighted by Gasteiger charge is -2.45. The van der Waals surface area contributed by atoms with Crippen molar-refractivity contribution >= 4 is 5.82 Å². The highest BCUT2D eigenvalue weighted by molar-refractivity contribution is 5.73. The minimum Gasteiger partial charge on any atom is -0.507 e. The van der Waals surface area contributed by atoms with Crippen LogP contribution in [0.2, 0.25) is 0 Å². The number of phenolic OH excluding ortho intramolecular Hbond substituents is 1. The number of hydrogen-bond donors (Lipinski definition) is 1. The maximum absolute atomic E-state index is 15.1. The molecule has 0 saturated heterocycles. The second-order valence-electron chi connectivity index (χ2n) is 9.24. The first-order valence-corrected chi connectivity index (χ1v) is 11.5. The van der Waals surface area contributed by atoms with E-state index in [9.17, 15) is 9.50 Å². The summed E-state index contributed by atoms with van der Waals surface area (Å²) in [5.74, 6) is 0.743. The first-order chi connectivity index (χ1) is 16.4. The summed E-state index contributed by atoms with van der Waals surface area (Å²) in [4.78, 5) is 9.93. The van der Waals surface area contributed by atoms with Gasteiger partial charge in [0.05, 0.1) is 24.9 Å². The van der Waals surface area contributed by atoms with Crippen LogP contribution >= 0.6 is 0 Å². The first-order valence-electron chi connectivity index (χ1n) is 11.5. The van der Waals surface area contributed by atoms with Crippen LogP contribution in [0.3, 0.4) is 0 Å². The maximum Gasteiger partial charge on any atom is 0.255 e. The van der Waals surface area contributed by atoms with Gasteiger partial charge in [-0.25, -0.2) is 14.4 Å². The number of halogens is 2. The molecule has 7 nitrogen and oxygen atoms in total. The third kappa shape index (κ3) is 4.15. The zero-order chi connectivity index (χ0) is 23.8. The van der Waals surface area contributed by atoms with Gasteiger partial charge < -0.3 is 14.7 Å².